The monoisotopic (exact) mass is 297 g/mol. The predicted octanol–water partition coefficient (Wildman–Crippen LogP) is 2.56. The molecule has 0 saturated heterocycles. The highest BCUT2D eigenvalue weighted by atomic mass is 32.2. The summed E-state index contributed by atoms with van der Waals surface area (Å²) in [4.78, 5) is 1.22. The molecule has 4 nitrogen and oxygen atoms in total. The normalized spacial score (nSPS) is 15.7. The lowest BCUT2D eigenvalue weighted by atomic mass is 10.3. The molecular weight excluding hydrogens is 274 g/mol. The molecule has 20 heavy (non-hydrogen) atoms. The summed E-state index contributed by atoms with van der Waals surface area (Å²) in [6.45, 7) is 6.29. The molecule has 1 aromatic carbocycles. The van der Waals surface area contributed by atoms with E-state index in [9.17, 15) is 0 Å². The zero-order valence-electron chi connectivity index (χ0n) is 12.2. The van der Waals surface area contributed by atoms with Crippen LogP contribution in [0.5, 0.6) is 11.5 Å². The smallest absolute Gasteiger partial charge is 0.162 e. The summed E-state index contributed by atoms with van der Waals surface area (Å²) >= 11 is 1.84. The van der Waals surface area contributed by atoms with Gasteiger partial charge in [-0.1, -0.05) is 6.92 Å². The van der Waals surface area contributed by atoms with Crippen molar-refractivity contribution >= 4 is 11.8 Å². The highest BCUT2D eigenvalue weighted by Crippen LogP contribution is 2.35. The third-order valence-corrected chi connectivity index (χ3v) is 4.07. The first-order valence-electron chi connectivity index (χ1n) is 7.05. The van der Waals surface area contributed by atoms with Gasteiger partial charge in [-0.05, 0) is 18.2 Å². The minimum Gasteiger partial charge on any atom is -0.490 e. The van der Waals surface area contributed by atoms with Crippen molar-refractivity contribution in [3.05, 3.63) is 18.2 Å². The van der Waals surface area contributed by atoms with Crippen LogP contribution >= 0.6 is 11.8 Å². The molecule has 1 aromatic rings. The van der Waals surface area contributed by atoms with Gasteiger partial charge in [0.1, 0.15) is 0 Å². The Morgan fingerprint density at radius 1 is 1.30 bits per heavy atom. The molecule has 1 atom stereocenters. The average molecular weight is 297 g/mol. The van der Waals surface area contributed by atoms with Gasteiger partial charge in [0.15, 0.2) is 11.5 Å². The van der Waals surface area contributed by atoms with Gasteiger partial charge in [0.05, 0.1) is 19.8 Å². The van der Waals surface area contributed by atoms with Crippen molar-refractivity contribution in [2.24, 2.45) is 0 Å². The molecule has 112 valence electrons. The maximum Gasteiger partial charge on any atom is 0.162 e. The first-order valence-corrected chi connectivity index (χ1v) is 7.93. The molecule has 0 aromatic heterocycles. The zero-order valence-corrected chi connectivity index (χ0v) is 13.0. The van der Waals surface area contributed by atoms with Crippen molar-refractivity contribution in [3.63, 3.8) is 0 Å². The van der Waals surface area contributed by atoms with Crippen LogP contribution in [0.3, 0.4) is 0 Å². The van der Waals surface area contributed by atoms with Crippen LogP contribution in [0, 0.1) is 0 Å². The fourth-order valence-corrected chi connectivity index (χ4v) is 2.96. The number of ether oxygens (including phenoxy) is 3. The third-order valence-electron chi connectivity index (χ3n) is 2.97. The van der Waals surface area contributed by atoms with E-state index in [1.54, 1.807) is 7.11 Å². The first-order chi connectivity index (χ1) is 9.79. The van der Waals surface area contributed by atoms with Crippen molar-refractivity contribution in [1.29, 1.82) is 0 Å². The van der Waals surface area contributed by atoms with E-state index in [-0.39, 0.29) is 0 Å². The quantitative estimate of drug-likeness (QED) is 0.619. The van der Waals surface area contributed by atoms with E-state index in [1.807, 2.05) is 17.8 Å². The molecule has 0 saturated carbocycles. The second kappa shape index (κ2) is 8.39. The fourth-order valence-electron chi connectivity index (χ4n) is 1.97. The Morgan fingerprint density at radius 3 is 2.90 bits per heavy atom. The number of fused-ring (bicyclic) bond motifs is 1. The summed E-state index contributed by atoms with van der Waals surface area (Å²) < 4.78 is 16.4. The SMILES string of the molecule is COCCNCC(C)Sc1ccc2c(c1)OCCCO2. The van der Waals surface area contributed by atoms with E-state index in [0.29, 0.717) is 5.25 Å². The summed E-state index contributed by atoms with van der Waals surface area (Å²) in [5.74, 6) is 1.73. The minimum atomic E-state index is 0.497. The zero-order chi connectivity index (χ0) is 14.2. The molecule has 5 heteroatoms. The first kappa shape index (κ1) is 15.5. The van der Waals surface area contributed by atoms with Gasteiger partial charge in [-0.2, -0.15) is 0 Å². The van der Waals surface area contributed by atoms with E-state index in [0.717, 1.165) is 50.8 Å². The van der Waals surface area contributed by atoms with Gasteiger partial charge < -0.3 is 19.5 Å². The standard InChI is InChI=1S/C15H23NO3S/c1-12(11-16-6-9-17-2)20-13-4-5-14-15(10-13)19-8-3-7-18-14/h4-5,10,12,16H,3,6-9,11H2,1-2H3. The van der Waals surface area contributed by atoms with Crippen LogP contribution in [0.4, 0.5) is 0 Å². The number of hydrogen-bond acceptors (Lipinski definition) is 5. The van der Waals surface area contributed by atoms with Crippen LogP contribution in [0.2, 0.25) is 0 Å². The van der Waals surface area contributed by atoms with Gasteiger partial charge in [0.25, 0.3) is 0 Å². The average Bonchev–Trinajstić information content (AvgIpc) is 2.68. The largest absolute Gasteiger partial charge is 0.490 e. The molecule has 0 spiro atoms. The topological polar surface area (TPSA) is 39.7 Å². The summed E-state index contributed by atoms with van der Waals surface area (Å²) in [6.07, 6.45) is 0.941. The van der Waals surface area contributed by atoms with Gasteiger partial charge in [-0.3, -0.25) is 0 Å². The van der Waals surface area contributed by atoms with Crippen LogP contribution in [0.25, 0.3) is 0 Å². The summed E-state index contributed by atoms with van der Waals surface area (Å²) in [5, 5.41) is 3.87. The van der Waals surface area contributed by atoms with E-state index in [2.05, 4.69) is 24.4 Å². The molecule has 1 aliphatic heterocycles. The van der Waals surface area contributed by atoms with Crippen LogP contribution in [0.15, 0.2) is 23.1 Å². The lowest BCUT2D eigenvalue weighted by Gasteiger charge is -2.14. The number of benzene rings is 1. The van der Waals surface area contributed by atoms with Crippen LogP contribution in [-0.2, 0) is 4.74 Å². The number of methoxy groups -OCH3 is 1. The van der Waals surface area contributed by atoms with Crippen molar-refractivity contribution in [3.8, 4) is 11.5 Å². The summed E-state index contributed by atoms with van der Waals surface area (Å²) in [5.41, 5.74) is 0. The van der Waals surface area contributed by atoms with E-state index in [1.165, 1.54) is 4.90 Å². The highest BCUT2D eigenvalue weighted by Gasteiger charge is 2.12. The van der Waals surface area contributed by atoms with Gasteiger partial charge in [-0.25, -0.2) is 0 Å². The van der Waals surface area contributed by atoms with E-state index in [4.69, 9.17) is 14.2 Å². The number of hydrogen-bond donors (Lipinski definition) is 1. The van der Waals surface area contributed by atoms with E-state index < -0.39 is 0 Å². The van der Waals surface area contributed by atoms with Crippen LogP contribution in [-0.4, -0.2) is 45.3 Å². The van der Waals surface area contributed by atoms with Gasteiger partial charge in [0, 0.05) is 36.8 Å². The molecule has 0 bridgehead atoms. The Morgan fingerprint density at radius 2 is 2.10 bits per heavy atom. The molecule has 1 aliphatic rings. The fraction of sp³-hybridized carbons (Fsp3) is 0.600. The molecule has 1 N–H and O–H groups in total. The summed E-state index contributed by atoms with van der Waals surface area (Å²) in [7, 11) is 1.72. The number of nitrogens with one attached hydrogen (secondary N) is 1. The van der Waals surface area contributed by atoms with E-state index >= 15 is 0 Å². The molecule has 1 unspecified atom stereocenters. The second-order valence-electron chi connectivity index (χ2n) is 4.78. The van der Waals surface area contributed by atoms with Crippen LogP contribution in [0.1, 0.15) is 13.3 Å². The maximum atomic E-state index is 5.71. The molecule has 0 amide bonds. The molecule has 0 aliphatic carbocycles. The third kappa shape index (κ3) is 4.89. The predicted molar refractivity (Wildman–Crippen MR) is 82.1 cm³/mol. The van der Waals surface area contributed by atoms with Crippen molar-refractivity contribution in [1.82, 2.24) is 5.32 Å². The van der Waals surface area contributed by atoms with Crippen molar-refractivity contribution in [2.45, 2.75) is 23.5 Å². The Kier molecular flexibility index (Phi) is 6.50. The maximum absolute atomic E-state index is 5.71. The molecular formula is C15H23NO3S. The molecule has 0 radical (unpaired) electrons. The molecule has 2 rings (SSSR count). The van der Waals surface area contributed by atoms with Gasteiger partial charge >= 0.3 is 0 Å². The van der Waals surface area contributed by atoms with Gasteiger partial charge in [-0.15, -0.1) is 11.8 Å². The lowest BCUT2D eigenvalue weighted by molar-refractivity contribution is 0.199. The highest BCUT2D eigenvalue weighted by molar-refractivity contribution is 8.00. The van der Waals surface area contributed by atoms with Gasteiger partial charge in [0.2, 0.25) is 0 Å². The summed E-state index contributed by atoms with van der Waals surface area (Å²) in [6, 6.07) is 6.19. The Hall–Kier alpha value is -0.910. The number of rotatable bonds is 7. The molecule has 1 heterocycles. The Bertz CT molecular complexity index is 414. The van der Waals surface area contributed by atoms with Crippen molar-refractivity contribution < 1.29 is 14.2 Å². The molecule has 0 fully saturated rings. The minimum absolute atomic E-state index is 0.497. The Balaban J connectivity index is 1.84. The number of thioether (sulfide) groups is 1. The second-order valence-corrected chi connectivity index (χ2v) is 6.30. The lowest BCUT2D eigenvalue weighted by Crippen LogP contribution is -2.26. The Labute approximate surface area is 125 Å². The van der Waals surface area contributed by atoms with Crippen molar-refractivity contribution in [2.75, 3.05) is 40.0 Å². The van der Waals surface area contributed by atoms with Crippen LogP contribution < -0.4 is 14.8 Å².